The van der Waals surface area contributed by atoms with E-state index >= 15 is 0 Å². The molecule has 20 heavy (non-hydrogen) atoms. The van der Waals surface area contributed by atoms with Crippen molar-refractivity contribution in [1.82, 2.24) is 0 Å². The zero-order chi connectivity index (χ0) is 14.8. The fraction of sp³-hybridized carbons (Fsp3) is 0. The molecule has 0 aliphatic heterocycles. The highest BCUT2D eigenvalue weighted by Crippen LogP contribution is 2.25. The number of sulfonamides is 1. The van der Waals surface area contributed by atoms with Gasteiger partial charge in [-0.25, -0.2) is 13.2 Å². The van der Waals surface area contributed by atoms with E-state index < -0.39 is 16.0 Å². The Morgan fingerprint density at radius 3 is 2.65 bits per heavy atom. The van der Waals surface area contributed by atoms with Gasteiger partial charge in [0.1, 0.15) is 15.8 Å². The van der Waals surface area contributed by atoms with Gasteiger partial charge >= 0.3 is 5.97 Å². The van der Waals surface area contributed by atoms with Crippen molar-refractivity contribution in [3.8, 4) is 6.07 Å². The Balaban J connectivity index is 2.45. The maximum atomic E-state index is 12.2. The number of benzene rings is 1. The van der Waals surface area contributed by atoms with Crippen molar-refractivity contribution in [2.45, 2.75) is 4.90 Å². The van der Waals surface area contributed by atoms with E-state index in [1.807, 2.05) is 6.07 Å². The van der Waals surface area contributed by atoms with Gasteiger partial charge in [0.2, 0.25) is 0 Å². The summed E-state index contributed by atoms with van der Waals surface area (Å²) in [5.74, 6) is -1.31. The average Bonchev–Trinajstić information content (AvgIpc) is 2.89. The van der Waals surface area contributed by atoms with E-state index in [0.29, 0.717) is 0 Å². The molecule has 0 fully saturated rings. The third kappa shape index (κ3) is 2.64. The van der Waals surface area contributed by atoms with Crippen molar-refractivity contribution in [2.75, 3.05) is 4.72 Å². The second kappa shape index (κ2) is 5.32. The summed E-state index contributed by atoms with van der Waals surface area (Å²) in [5, 5.41) is 19.2. The van der Waals surface area contributed by atoms with Crippen LogP contribution in [0, 0.1) is 11.3 Å². The number of anilines is 1. The number of carboxylic acids is 1. The topological polar surface area (TPSA) is 107 Å². The lowest BCUT2D eigenvalue weighted by Crippen LogP contribution is -2.15. The predicted octanol–water partition coefficient (Wildman–Crippen LogP) is 2.12. The first-order chi connectivity index (χ1) is 9.45. The highest BCUT2D eigenvalue weighted by atomic mass is 32.2. The van der Waals surface area contributed by atoms with E-state index in [9.17, 15) is 13.2 Å². The number of carbonyl (C=O) groups is 1. The summed E-state index contributed by atoms with van der Waals surface area (Å²) in [6.07, 6.45) is 0. The summed E-state index contributed by atoms with van der Waals surface area (Å²) in [6, 6.07) is 9.14. The zero-order valence-corrected chi connectivity index (χ0v) is 11.5. The summed E-state index contributed by atoms with van der Waals surface area (Å²) >= 11 is 0.821. The SMILES string of the molecule is N#Cc1ccccc1NS(=O)(=O)c1ccsc1C(=O)O. The van der Waals surface area contributed by atoms with Crippen LogP contribution in [-0.4, -0.2) is 19.5 Å². The Hall–Kier alpha value is -2.37. The lowest BCUT2D eigenvalue weighted by molar-refractivity contribution is 0.0698. The summed E-state index contributed by atoms with van der Waals surface area (Å²) in [4.78, 5) is 10.4. The molecule has 2 aromatic rings. The molecule has 0 atom stereocenters. The van der Waals surface area contributed by atoms with Crippen molar-refractivity contribution in [3.05, 3.63) is 46.2 Å². The van der Waals surface area contributed by atoms with Crippen molar-refractivity contribution in [1.29, 1.82) is 5.26 Å². The third-order valence-corrected chi connectivity index (χ3v) is 4.84. The lowest BCUT2D eigenvalue weighted by Gasteiger charge is -2.08. The number of nitriles is 1. The highest BCUT2D eigenvalue weighted by Gasteiger charge is 2.24. The molecule has 0 unspecified atom stereocenters. The van der Waals surface area contributed by atoms with Crippen LogP contribution in [0.15, 0.2) is 40.6 Å². The molecule has 8 heteroatoms. The Morgan fingerprint density at radius 1 is 1.30 bits per heavy atom. The average molecular weight is 308 g/mol. The van der Waals surface area contributed by atoms with Gasteiger partial charge in [0.05, 0.1) is 11.3 Å². The number of para-hydroxylation sites is 1. The molecule has 0 amide bonds. The van der Waals surface area contributed by atoms with Crippen LogP contribution in [0.2, 0.25) is 0 Å². The Bertz CT molecular complexity index is 803. The largest absolute Gasteiger partial charge is 0.477 e. The molecule has 0 aliphatic rings. The van der Waals surface area contributed by atoms with Gasteiger partial charge in [0.15, 0.2) is 0 Å². The van der Waals surface area contributed by atoms with Crippen molar-refractivity contribution in [3.63, 3.8) is 0 Å². The van der Waals surface area contributed by atoms with Gasteiger partial charge in [-0.3, -0.25) is 4.72 Å². The van der Waals surface area contributed by atoms with Crippen LogP contribution >= 0.6 is 11.3 Å². The Kier molecular flexibility index (Phi) is 3.74. The van der Waals surface area contributed by atoms with Gasteiger partial charge in [-0.1, -0.05) is 12.1 Å². The number of nitrogens with one attached hydrogen (secondary N) is 1. The predicted molar refractivity (Wildman–Crippen MR) is 73.2 cm³/mol. The summed E-state index contributed by atoms with van der Waals surface area (Å²) < 4.78 is 26.6. The Labute approximate surface area is 119 Å². The second-order valence-electron chi connectivity index (χ2n) is 3.68. The number of hydrogen-bond acceptors (Lipinski definition) is 5. The van der Waals surface area contributed by atoms with E-state index in [1.165, 1.54) is 23.6 Å². The van der Waals surface area contributed by atoms with E-state index in [0.717, 1.165) is 11.3 Å². The third-order valence-electron chi connectivity index (χ3n) is 2.40. The number of nitrogens with zero attached hydrogens (tertiary/aromatic N) is 1. The molecule has 0 aliphatic carbocycles. The van der Waals surface area contributed by atoms with E-state index in [-0.39, 0.29) is 21.0 Å². The molecule has 1 aromatic carbocycles. The van der Waals surface area contributed by atoms with Gasteiger partial charge in [-0.05, 0) is 23.6 Å². The molecule has 6 nitrogen and oxygen atoms in total. The molecule has 2 N–H and O–H groups in total. The highest BCUT2D eigenvalue weighted by molar-refractivity contribution is 7.93. The van der Waals surface area contributed by atoms with Crippen molar-refractivity contribution in [2.24, 2.45) is 0 Å². The van der Waals surface area contributed by atoms with E-state index in [4.69, 9.17) is 10.4 Å². The van der Waals surface area contributed by atoms with Crippen LogP contribution in [0.4, 0.5) is 5.69 Å². The number of thiophene rings is 1. The smallest absolute Gasteiger partial charge is 0.347 e. The van der Waals surface area contributed by atoms with Crippen LogP contribution in [0.5, 0.6) is 0 Å². The van der Waals surface area contributed by atoms with E-state index in [2.05, 4.69) is 4.72 Å². The number of aromatic carboxylic acids is 1. The Morgan fingerprint density at radius 2 is 2.00 bits per heavy atom. The molecule has 0 spiro atoms. The van der Waals surface area contributed by atoms with Crippen LogP contribution in [0.3, 0.4) is 0 Å². The molecule has 0 bridgehead atoms. The molecule has 0 saturated carbocycles. The molecule has 102 valence electrons. The summed E-state index contributed by atoms with van der Waals surface area (Å²) in [6.45, 7) is 0. The molecule has 0 saturated heterocycles. The van der Waals surface area contributed by atoms with Gasteiger partial charge in [0.25, 0.3) is 10.0 Å². The lowest BCUT2D eigenvalue weighted by atomic mass is 10.2. The summed E-state index contributed by atoms with van der Waals surface area (Å²) in [5.41, 5.74) is 0.265. The van der Waals surface area contributed by atoms with Crippen LogP contribution < -0.4 is 4.72 Å². The molecule has 2 rings (SSSR count). The molecule has 1 aromatic heterocycles. The van der Waals surface area contributed by atoms with E-state index in [1.54, 1.807) is 12.1 Å². The van der Waals surface area contributed by atoms with Gasteiger partial charge in [-0.2, -0.15) is 5.26 Å². The van der Waals surface area contributed by atoms with Gasteiger partial charge in [0, 0.05) is 0 Å². The first-order valence-electron chi connectivity index (χ1n) is 5.28. The van der Waals surface area contributed by atoms with Crippen LogP contribution in [0.25, 0.3) is 0 Å². The number of hydrogen-bond donors (Lipinski definition) is 2. The molecular weight excluding hydrogens is 300 g/mol. The quantitative estimate of drug-likeness (QED) is 0.899. The zero-order valence-electron chi connectivity index (χ0n) is 9.90. The minimum Gasteiger partial charge on any atom is -0.477 e. The fourth-order valence-electron chi connectivity index (χ4n) is 1.53. The van der Waals surface area contributed by atoms with Crippen molar-refractivity contribution >= 4 is 33.0 Å². The van der Waals surface area contributed by atoms with Crippen LogP contribution in [0.1, 0.15) is 15.2 Å². The van der Waals surface area contributed by atoms with Gasteiger partial charge < -0.3 is 5.11 Å². The maximum Gasteiger partial charge on any atom is 0.347 e. The standard InChI is InChI=1S/C12H8N2O4S2/c13-7-8-3-1-2-4-9(8)14-20(17,18)10-5-6-19-11(10)12(15)16/h1-6,14H,(H,15,16). The number of rotatable bonds is 4. The minimum atomic E-state index is -4.05. The molecular formula is C12H8N2O4S2. The maximum absolute atomic E-state index is 12.2. The number of carboxylic acid groups (broad SMARTS) is 1. The first kappa shape index (κ1) is 14.0. The monoisotopic (exact) mass is 308 g/mol. The van der Waals surface area contributed by atoms with Gasteiger partial charge in [-0.15, -0.1) is 11.3 Å². The van der Waals surface area contributed by atoms with Crippen LogP contribution in [-0.2, 0) is 10.0 Å². The fourth-order valence-corrected chi connectivity index (χ4v) is 3.88. The molecule has 1 heterocycles. The summed E-state index contributed by atoms with van der Waals surface area (Å²) in [7, 11) is -4.05. The first-order valence-corrected chi connectivity index (χ1v) is 7.64. The minimum absolute atomic E-state index is 0.109. The molecule has 0 radical (unpaired) electrons. The normalized spacial score (nSPS) is 10.8. The second-order valence-corrected chi connectivity index (χ2v) is 6.25. The van der Waals surface area contributed by atoms with Crippen molar-refractivity contribution < 1.29 is 18.3 Å².